The summed E-state index contributed by atoms with van der Waals surface area (Å²) in [5.41, 5.74) is 1.37. The van der Waals surface area contributed by atoms with Crippen molar-refractivity contribution in [1.82, 2.24) is 9.55 Å². The highest BCUT2D eigenvalue weighted by Crippen LogP contribution is 2.15. The molecule has 0 bridgehead atoms. The van der Waals surface area contributed by atoms with Crippen molar-refractivity contribution in [2.24, 2.45) is 0 Å². The van der Waals surface area contributed by atoms with Crippen LogP contribution in [0.2, 0.25) is 0 Å². The summed E-state index contributed by atoms with van der Waals surface area (Å²) in [4.78, 5) is 16.6. The Kier molecular flexibility index (Phi) is 3.88. The molecule has 0 radical (unpaired) electrons. The van der Waals surface area contributed by atoms with E-state index in [2.05, 4.69) is 18.1 Å². The predicted octanol–water partition coefficient (Wildman–Crippen LogP) is 3.33. The Morgan fingerprint density at radius 1 is 1.21 bits per heavy atom. The van der Waals surface area contributed by atoms with Crippen LogP contribution in [0.4, 0.5) is 0 Å². The first-order chi connectivity index (χ1) is 9.27. The first-order valence-corrected chi connectivity index (χ1v) is 5.86. The van der Waals surface area contributed by atoms with Crippen molar-refractivity contribution in [1.29, 1.82) is 0 Å². The fraction of sp³-hybridized carbons (Fsp3) is 0. The number of hydrogen-bond acceptors (Lipinski definition) is 2. The van der Waals surface area contributed by atoms with Crippen LogP contribution in [-0.4, -0.2) is 15.5 Å². The molecule has 2 rings (SSSR count). The number of aromatic nitrogens is 2. The molecule has 2 aromatic rings. The molecule has 1 heterocycles. The number of nitrogens with zero attached hydrogens (tertiary/aromatic N) is 2. The molecule has 0 N–H and O–H groups in total. The van der Waals surface area contributed by atoms with Gasteiger partial charge in [-0.3, -0.25) is 9.36 Å². The van der Waals surface area contributed by atoms with Gasteiger partial charge in [-0.15, -0.1) is 0 Å². The third kappa shape index (κ3) is 2.60. The topological polar surface area (TPSA) is 34.9 Å². The molecule has 0 aliphatic carbocycles. The molecule has 0 saturated carbocycles. The zero-order chi connectivity index (χ0) is 13.7. The molecule has 0 aliphatic rings. The minimum atomic E-state index is -0.120. The van der Waals surface area contributed by atoms with Gasteiger partial charge in [0.2, 0.25) is 0 Å². The molecule has 3 heteroatoms. The van der Waals surface area contributed by atoms with E-state index in [1.807, 2.05) is 18.2 Å². The molecule has 1 aromatic heterocycles. The first-order valence-electron chi connectivity index (χ1n) is 5.86. The monoisotopic (exact) mass is 250 g/mol. The van der Waals surface area contributed by atoms with Crippen LogP contribution in [0.3, 0.4) is 0 Å². The molecule has 0 fully saturated rings. The second-order valence-corrected chi connectivity index (χ2v) is 3.85. The number of rotatable bonds is 4. The molecule has 1 aromatic carbocycles. The van der Waals surface area contributed by atoms with E-state index in [0.717, 1.165) is 5.57 Å². The lowest BCUT2D eigenvalue weighted by Gasteiger charge is -2.06. The van der Waals surface area contributed by atoms with Crippen molar-refractivity contribution < 1.29 is 4.79 Å². The van der Waals surface area contributed by atoms with E-state index >= 15 is 0 Å². The highest BCUT2D eigenvalue weighted by molar-refractivity contribution is 5.97. The normalized spacial score (nSPS) is 11.1. The summed E-state index contributed by atoms with van der Waals surface area (Å²) >= 11 is 0. The molecule has 0 aliphatic heterocycles. The average molecular weight is 250 g/mol. The van der Waals surface area contributed by atoms with Crippen LogP contribution < -0.4 is 0 Å². The predicted molar refractivity (Wildman–Crippen MR) is 76.8 cm³/mol. The Balaban J connectivity index is 2.45. The number of imidazole rings is 1. The van der Waals surface area contributed by atoms with E-state index in [1.165, 1.54) is 4.57 Å². The van der Waals surface area contributed by atoms with Gasteiger partial charge < -0.3 is 0 Å². The van der Waals surface area contributed by atoms with Crippen molar-refractivity contribution in [2.45, 2.75) is 0 Å². The van der Waals surface area contributed by atoms with Crippen molar-refractivity contribution in [3.63, 3.8) is 0 Å². The summed E-state index contributed by atoms with van der Waals surface area (Å²) in [7, 11) is 0. The lowest BCUT2D eigenvalue weighted by Crippen LogP contribution is -2.13. The third-order valence-electron chi connectivity index (χ3n) is 2.66. The summed E-state index contributed by atoms with van der Waals surface area (Å²) in [6, 6.07) is 9.09. The SMILES string of the molecule is C=C/C=C(\C=C)c1nccn1C(=O)c1ccccc1. The maximum absolute atomic E-state index is 12.4. The highest BCUT2D eigenvalue weighted by atomic mass is 16.2. The number of carbonyl (C=O) groups excluding carboxylic acids is 1. The molecule has 0 saturated heterocycles. The second-order valence-electron chi connectivity index (χ2n) is 3.85. The molecule has 0 atom stereocenters. The number of carbonyl (C=O) groups is 1. The fourth-order valence-corrected chi connectivity index (χ4v) is 1.76. The second kappa shape index (κ2) is 5.78. The summed E-state index contributed by atoms with van der Waals surface area (Å²) in [6.07, 6.45) is 8.30. The molecular weight excluding hydrogens is 236 g/mol. The molecule has 94 valence electrons. The Morgan fingerprint density at radius 2 is 1.95 bits per heavy atom. The Bertz CT molecular complexity index is 636. The molecule has 3 nitrogen and oxygen atoms in total. The minimum absolute atomic E-state index is 0.120. The molecule has 19 heavy (non-hydrogen) atoms. The molecule has 0 spiro atoms. The van der Waals surface area contributed by atoms with Crippen LogP contribution in [0.1, 0.15) is 16.2 Å². The van der Waals surface area contributed by atoms with Crippen molar-refractivity contribution in [2.75, 3.05) is 0 Å². The van der Waals surface area contributed by atoms with E-state index in [0.29, 0.717) is 11.4 Å². The minimum Gasteiger partial charge on any atom is -0.268 e. The summed E-state index contributed by atoms with van der Waals surface area (Å²) in [6.45, 7) is 7.37. The van der Waals surface area contributed by atoms with Crippen LogP contribution in [0.25, 0.3) is 5.57 Å². The largest absolute Gasteiger partial charge is 0.268 e. The zero-order valence-electron chi connectivity index (χ0n) is 10.5. The standard InChI is InChI=1S/C16H14N2O/c1-3-8-13(4-2)15-17-11-12-18(15)16(19)14-9-6-5-7-10-14/h3-12H,1-2H2/b13-8+. The van der Waals surface area contributed by atoms with Gasteiger partial charge in [0.1, 0.15) is 5.82 Å². The molecular formula is C16H14N2O. The van der Waals surface area contributed by atoms with Crippen LogP contribution in [0.15, 0.2) is 74.1 Å². The third-order valence-corrected chi connectivity index (χ3v) is 2.66. The lowest BCUT2D eigenvalue weighted by molar-refractivity contribution is 0.0959. The van der Waals surface area contributed by atoms with E-state index in [4.69, 9.17) is 0 Å². The zero-order valence-corrected chi connectivity index (χ0v) is 10.5. The van der Waals surface area contributed by atoms with Gasteiger partial charge in [-0.25, -0.2) is 4.98 Å². The van der Waals surface area contributed by atoms with Crippen molar-refractivity contribution >= 4 is 11.5 Å². The highest BCUT2D eigenvalue weighted by Gasteiger charge is 2.13. The van der Waals surface area contributed by atoms with Gasteiger partial charge in [0.25, 0.3) is 5.91 Å². The summed E-state index contributed by atoms with van der Waals surface area (Å²) in [5, 5.41) is 0. The Labute approximate surface area is 112 Å². The maximum Gasteiger partial charge on any atom is 0.263 e. The summed E-state index contributed by atoms with van der Waals surface area (Å²) in [5.74, 6) is 0.439. The van der Waals surface area contributed by atoms with Gasteiger partial charge in [-0.2, -0.15) is 0 Å². The Hall–Kier alpha value is -2.68. The Morgan fingerprint density at radius 3 is 2.58 bits per heavy atom. The van der Waals surface area contributed by atoms with Gasteiger partial charge in [0, 0.05) is 23.5 Å². The quantitative estimate of drug-likeness (QED) is 0.780. The smallest absolute Gasteiger partial charge is 0.263 e. The van der Waals surface area contributed by atoms with Gasteiger partial charge in [-0.1, -0.05) is 49.6 Å². The van der Waals surface area contributed by atoms with Crippen LogP contribution in [-0.2, 0) is 0 Å². The van der Waals surface area contributed by atoms with Crippen LogP contribution in [0.5, 0.6) is 0 Å². The van der Waals surface area contributed by atoms with E-state index < -0.39 is 0 Å². The lowest BCUT2D eigenvalue weighted by atomic mass is 10.2. The van der Waals surface area contributed by atoms with Crippen molar-refractivity contribution in [3.8, 4) is 0 Å². The number of allylic oxidation sites excluding steroid dienone is 4. The van der Waals surface area contributed by atoms with E-state index in [9.17, 15) is 4.79 Å². The summed E-state index contributed by atoms with van der Waals surface area (Å²) < 4.78 is 1.51. The molecule has 0 unspecified atom stereocenters. The maximum atomic E-state index is 12.4. The van der Waals surface area contributed by atoms with Gasteiger partial charge in [-0.05, 0) is 12.1 Å². The van der Waals surface area contributed by atoms with Crippen LogP contribution >= 0.6 is 0 Å². The van der Waals surface area contributed by atoms with Gasteiger partial charge in [0.15, 0.2) is 0 Å². The van der Waals surface area contributed by atoms with Gasteiger partial charge in [0.05, 0.1) is 0 Å². The molecule has 0 amide bonds. The fourth-order valence-electron chi connectivity index (χ4n) is 1.76. The average Bonchev–Trinajstić information content (AvgIpc) is 2.94. The van der Waals surface area contributed by atoms with Crippen molar-refractivity contribution in [3.05, 3.63) is 85.5 Å². The van der Waals surface area contributed by atoms with E-state index in [1.54, 1.807) is 42.8 Å². The first kappa shape index (κ1) is 12.8. The van der Waals surface area contributed by atoms with Gasteiger partial charge >= 0.3 is 0 Å². The van der Waals surface area contributed by atoms with Crippen LogP contribution in [0, 0.1) is 0 Å². The number of hydrogen-bond donors (Lipinski definition) is 0. The van der Waals surface area contributed by atoms with E-state index in [-0.39, 0.29) is 5.91 Å². The number of benzene rings is 1.